The van der Waals surface area contributed by atoms with Crippen LogP contribution in [0.3, 0.4) is 0 Å². The van der Waals surface area contributed by atoms with E-state index in [4.69, 9.17) is 12.2 Å². The van der Waals surface area contributed by atoms with E-state index in [0.29, 0.717) is 11.6 Å². The van der Waals surface area contributed by atoms with E-state index < -0.39 is 0 Å². The molecule has 0 amide bonds. The van der Waals surface area contributed by atoms with E-state index in [0.717, 1.165) is 32.2 Å². The van der Waals surface area contributed by atoms with E-state index in [9.17, 15) is 0 Å². The first-order chi connectivity index (χ1) is 12.2. The molecule has 120 valence electrons. The molecule has 6 heteroatoms. The summed E-state index contributed by atoms with van der Waals surface area (Å²) in [5, 5.41) is 4.98. The third kappa shape index (κ3) is 3.01. The highest BCUT2D eigenvalue weighted by molar-refractivity contribution is 7.22. The number of rotatable bonds is 3. The molecule has 0 saturated carbocycles. The predicted octanol–water partition coefficient (Wildman–Crippen LogP) is 4.06. The Kier molecular flexibility index (Phi) is 3.77. The first-order valence-corrected chi connectivity index (χ1v) is 8.37. The van der Waals surface area contributed by atoms with Crippen molar-refractivity contribution in [3.63, 3.8) is 0 Å². The van der Waals surface area contributed by atoms with Crippen molar-refractivity contribution >= 4 is 38.2 Å². The van der Waals surface area contributed by atoms with E-state index in [1.807, 2.05) is 48.5 Å². The van der Waals surface area contributed by atoms with Crippen molar-refractivity contribution < 1.29 is 0 Å². The van der Waals surface area contributed by atoms with Crippen molar-refractivity contribution in [2.45, 2.75) is 0 Å². The normalized spacial score (nSPS) is 10.5. The Morgan fingerprint density at radius 3 is 2.80 bits per heavy atom. The van der Waals surface area contributed by atoms with Crippen LogP contribution in [0.4, 0.5) is 16.6 Å². The molecule has 3 N–H and O–H groups in total. The molecule has 5 nitrogen and oxygen atoms in total. The molecule has 0 fully saturated rings. The maximum atomic E-state index is 6.14. The SMILES string of the molecule is C#Cc1cccc(-c2nc(N)c3cc(Nc4ccccn4)sc3n2)c1. The van der Waals surface area contributed by atoms with Gasteiger partial charge in [-0.25, -0.2) is 15.0 Å². The minimum absolute atomic E-state index is 0.441. The summed E-state index contributed by atoms with van der Waals surface area (Å²) in [5.41, 5.74) is 7.77. The van der Waals surface area contributed by atoms with E-state index in [1.165, 1.54) is 11.3 Å². The highest BCUT2D eigenvalue weighted by Gasteiger charge is 2.12. The molecule has 0 spiro atoms. The number of thiophene rings is 1. The number of nitrogens with one attached hydrogen (secondary N) is 1. The zero-order chi connectivity index (χ0) is 17.2. The predicted molar refractivity (Wildman–Crippen MR) is 103 cm³/mol. The Morgan fingerprint density at radius 2 is 2.00 bits per heavy atom. The summed E-state index contributed by atoms with van der Waals surface area (Å²) in [6.07, 6.45) is 7.20. The van der Waals surface area contributed by atoms with Gasteiger partial charge in [-0.3, -0.25) is 0 Å². The Bertz CT molecular complexity index is 1100. The molecule has 4 aromatic rings. The van der Waals surface area contributed by atoms with Gasteiger partial charge in [0.1, 0.15) is 16.5 Å². The fraction of sp³-hybridized carbons (Fsp3) is 0. The summed E-state index contributed by atoms with van der Waals surface area (Å²) in [4.78, 5) is 14.1. The largest absolute Gasteiger partial charge is 0.383 e. The van der Waals surface area contributed by atoms with Gasteiger partial charge in [0.2, 0.25) is 0 Å². The van der Waals surface area contributed by atoms with Crippen LogP contribution in [0.1, 0.15) is 5.56 Å². The molecule has 0 radical (unpaired) electrons. The zero-order valence-corrected chi connectivity index (χ0v) is 13.9. The first-order valence-electron chi connectivity index (χ1n) is 7.55. The lowest BCUT2D eigenvalue weighted by Gasteiger charge is -2.03. The van der Waals surface area contributed by atoms with Crippen molar-refractivity contribution in [2.24, 2.45) is 0 Å². The van der Waals surface area contributed by atoms with Gasteiger partial charge in [-0.2, -0.15) is 0 Å². The lowest BCUT2D eigenvalue weighted by atomic mass is 10.1. The number of hydrogen-bond acceptors (Lipinski definition) is 6. The number of pyridine rings is 1. The minimum atomic E-state index is 0.441. The Balaban J connectivity index is 1.75. The van der Waals surface area contributed by atoms with Crippen LogP contribution in [0.5, 0.6) is 0 Å². The second-order valence-corrected chi connectivity index (χ2v) is 6.36. The fourth-order valence-corrected chi connectivity index (χ4v) is 3.39. The maximum Gasteiger partial charge on any atom is 0.163 e. The Labute approximate surface area is 148 Å². The van der Waals surface area contributed by atoms with Crippen molar-refractivity contribution in [3.8, 4) is 23.7 Å². The van der Waals surface area contributed by atoms with Crippen LogP contribution in [0.25, 0.3) is 21.6 Å². The number of fused-ring (bicyclic) bond motifs is 1. The molecule has 3 heterocycles. The van der Waals surface area contributed by atoms with Crippen LogP contribution in [-0.2, 0) is 0 Å². The number of aromatic nitrogens is 3. The summed E-state index contributed by atoms with van der Waals surface area (Å²) in [6, 6.07) is 15.2. The third-order valence-corrected chi connectivity index (χ3v) is 4.57. The maximum absolute atomic E-state index is 6.14. The van der Waals surface area contributed by atoms with Gasteiger partial charge in [0, 0.05) is 17.3 Å². The van der Waals surface area contributed by atoms with Crippen LogP contribution >= 0.6 is 11.3 Å². The summed E-state index contributed by atoms with van der Waals surface area (Å²) >= 11 is 1.50. The Morgan fingerprint density at radius 1 is 1.08 bits per heavy atom. The first kappa shape index (κ1) is 15.1. The lowest BCUT2D eigenvalue weighted by Crippen LogP contribution is -1.96. The molecule has 25 heavy (non-hydrogen) atoms. The van der Waals surface area contributed by atoms with Gasteiger partial charge >= 0.3 is 0 Å². The molecule has 0 atom stereocenters. The monoisotopic (exact) mass is 343 g/mol. The van der Waals surface area contributed by atoms with E-state index in [1.54, 1.807) is 6.20 Å². The molecule has 1 aromatic carbocycles. The number of terminal acetylenes is 1. The molecule has 0 aliphatic carbocycles. The molecule has 3 aromatic heterocycles. The Hall–Kier alpha value is -3.43. The minimum Gasteiger partial charge on any atom is -0.383 e. The summed E-state index contributed by atoms with van der Waals surface area (Å²) in [7, 11) is 0. The molecule has 0 unspecified atom stereocenters. The summed E-state index contributed by atoms with van der Waals surface area (Å²) in [5.74, 6) is 4.39. The number of nitrogen functional groups attached to an aromatic ring is 1. The molecular formula is C19H13N5S. The van der Waals surface area contributed by atoms with E-state index in [2.05, 4.69) is 26.2 Å². The van der Waals surface area contributed by atoms with Gasteiger partial charge in [0.05, 0.1) is 10.4 Å². The van der Waals surface area contributed by atoms with Gasteiger partial charge in [-0.1, -0.05) is 35.5 Å². The molecule has 0 saturated heterocycles. The summed E-state index contributed by atoms with van der Waals surface area (Å²) in [6.45, 7) is 0. The number of hydrogen-bond donors (Lipinski definition) is 2. The molecule has 0 aliphatic heterocycles. The number of benzene rings is 1. The van der Waals surface area contributed by atoms with Crippen molar-refractivity contribution in [1.82, 2.24) is 15.0 Å². The molecular weight excluding hydrogens is 330 g/mol. The smallest absolute Gasteiger partial charge is 0.163 e. The van der Waals surface area contributed by atoms with Crippen molar-refractivity contribution in [3.05, 3.63) is 60.3 Å². The average molecular weight is 343 g/mol. The zero-order valence-electron chi connectivity index (χ0n) is 13.1. The molecule has 0 aliphatic rings. The lowest BCUT2D eigenvalue weighted by molar-refractivity contribution is 1.24. The standard InChI is InChI=1S/C19H13N5S/c1-2-12-6-5-7-13(10-12)18-23-17(20)14-11-16(25-19(14)24-18)22-15-8-3-4-9-21-15/h1,3-11H,(H,21,22)(H2,20,23,24). The second-order valence-electron chi connectivity index (χ2n) is 5.33. The number of nitrogens with two attached hydrogens (primary N) is 1. The van der Waals surface area contributed by atoms with Crippen LogP contribution in [-0.4, -0.2) is 15.0 Å². The molecule has 0 bridgehead atoms. The average Bonchev–Trinajstić information content (AvgIpc) is 3.05. The highest BCUT2D eigenvalue weighted by Crippen LogP contribution is 2.34. The fourth-order valence-electron chi connectivity index (χ4n) is 2.45. The number of anilines is 3. The van der Waals surface area contributed by atoms with Crippen molar-refractivity contribution in [1.29, 1.82) is 0 Å². The quantitative estimate of drug-likeness (QED) is 0.549. The molecule has 4 rings (SSSR count). The highest BCUT2D eigenvalue weighted by atomic mass is 32.1. The van der Waals surface area contributed by atoms with Crippen molar-refractivity contribution in [2.75, 3.05) is 11.1 Å². The van der Waals surface area contributed by atoms with Gasteiger partial charge in [0.25, 0.3) is 0 Å². The summed E-state index contributed by atoms with van der Waals surface area (Å²) < 4.78 is 0. The van der Waals surface area contributed by atoms with Gasteiger partial charge in [-0.05, 0) is 30.3 Å². The van der Waals surface area contributed by atoms with Gasteiger partial charge < -0.3 is 11.1 Å². The number of nitrogens with zero attached hydrogens (tertiary/aromatic N) is 3. The topological polar surface area (TPSA) is 76.7 Å². The van der Waals surface area contributed by atoms with Crippen LogP contribution in [0.2, 0.25) is 0 Å². The van der Waals surface area contributed by atoms with E-state index in [-0.39, 0.29) is 0 Å². The van der Waals surface area contributed by atoms with Crippen LogP contribution in [0, 0.1) is 12.3 Å². The second kappa shape index (κ2) is 6.23. The van der Waals surface area contributed by atoms with Crippen LogP contribution in [0.15, 0.2) is 54.7 Å². The van der Waals surface area contributed by atoms with Crippen LogP contribution < -0.4 is 11.1 Å². The van der Waals surface area contributed by atoms with Gasteiger partial charge in [-0.15, -0.1) is 6.42 Å². The van der Waals surface area contributed by atoms with Gasteiger partial charge in [0.15, 0.2) is 5.82 Å². The third-order valence-electron chi connectivity index (χ3n) is 3.63. The van der Waals surface area contributed by atoms with E-state index >= 15 is 0 Å².